The van der Waals surface area contributed by atoms with E-state index in [2.05, 4.69) is 5.32 Å². The van der Waals surface area contributed by atoms with Crippen molar-refractivity contribution in [3.8, 4) is 11.5 Å². The number of sulfonamides is 1. The third-order valence-corrected chi connectivity index (χ3v) is 10.4. The highest BCUT2D eigenvalue weighted by molar-refractivity contribution is 7.89. The summed E-state index contributed by atoms with van der Waals surface area (Å²) < 4.78 is 57.7. The number of hydrogen-bond donors (Lipinski definition) is 2. The van der Waals surface area contributed by atoms with Gasteiger partial charge in [0.2, 0.25) is 10.0 Å². The van der Waals surface area contributed by atoms with Crippen molar-refractivity contribution >= 4 is 21.9 Å². The highest BCUT2D eigenvalue weighted by atomic mass is 32.2. The molecule has 0 spiro atoms. The average Bonchev–Trinajstić information content (AvgIpc) is 3.65. The van der Waals surface area contributed by atoms with E-state index in [1.807, 2.05) is 44.2 Å². The van der Waals surface area contributed by atoms with E-state index in [0.717, 1.165) is 5.56 Å². The van der Waals surface area contributed by atoms with Crippen LogP contribution < -0.4 is 14.8 Å². The quantitative estimate of drug-likeness (QED) is 0.309. The summed E-state index contributed by atoms with van der Waals surface area (Å²) in [6.45, 7) is 6.35. The van der Waals surface area contributed by atoms with Crippen molar-refractivity contribution in [1.82, 2.24) is 9.62 Å². The Kier molecular flexibility index (Phi) is 10.9. The van der Waals surface area contributed by atoms with Crippen molar-refractivity contribution in [2.45, 2.75) is 75.9 Å². The molecule has 0 aromatic heterocycles. The molecule has 12 nitrogen and oxygen atoms in total. The number of fused-ring (bicyclic) bond motifs is 2. The molecule has 13 heteroatoms. The zero-order valence-electron chi connectivity index (χ0n) is 26.6. The summed E-state index contributed by atoms with van der Waals surface area (Å²) in [5.41, 5.74) is 0.221. The Labute approximate surface area is 270 Å². The smallest absolute Gasteiger partial charge is 0.407 e. The van der Waals surface area contributed by atoms with Crippen molar-refractivity contribution in [2.24, 2.45) is 11.3 Å². The fraction of sp³-hybridized carbons (Fsp3) is 0.576. The van der Waals surface area contributed by atoms with Gasteiger partial charge in [-0.3, -0.25) is 0 Å². The van der Waals surface area contributed by atoms with E-state index in [1.165, 1.54) is 23.4 Å². The van der Waals surface area contributed by atoms with E-state index in [1.54, 1.807) is 6.07 Å². The molecule has 5 rings (SSSR count). The van der Waals surface area contributed by atoms with E-state index in [-0.39, 0.29) is 49.1 Å². The number of carbonyl (C=O) groups is 2. The lowest BCUT2D eigenvalue weighted by Crippen LogP contribution is -2.52. The molecule has 2 aromatic carbocycles. The van der Waals surface area contributed by atoms with Crippen LogP contribution in [0.3, 0.4) is 0 Å². The monoisotopic (exact) mass is 660 g/mol. The maximum Gasteiger partial charge on any atom is 0.407 e. The predicted octanol–water partition coefficient (Wildman–Crippen LogP) is 3.30. The lowest BCUT2D eigenvalue weighted by atomic mass is 9.87. The molecule has 1 unspecified atom stereocenters. The largest absolute Gasteiger partial charge is 0.486 e. The molecule has 0 bridgehead atoms. The predicted molar refractivity (Wildman–Crippen MR) is 167 cm³/mol. The van der Waals surface area contributed by atoms with Crippen LogP contribution in [0.15, 0.2) is 53.4 Å². The first-order chi connectivity index (χ1) is 21.9. The molecule has 3 aliphatic rings. The number of Topliss-reactive ketones (excluding diaryl/α,β-unsaturated/α-hetero) is 1. The summed E-state index contributed by atoms with van der Waals surface area (Å²) in [6, 6.07) is 12.8. The van der Waals surface area contributed by atoms with Gasteiger partial charge in [-0.25, -0.2) is 13.2 Å². The summed E-state index contributed by atoms with van der Waals surface area (Å²) in [6.07, 6.45) is -1.28. The van der Waals surface area contributed by atoms with E-state index >= 15 is 0 Å². The van der Waals surface area contributed by atoms with E-state index in [0.29, 0.717) is 44.2 Å². The van der Waals surface area contributed by atoms with Gasteiger partial charge >= 0.3 is 6.09 Å². The van der Waals surface area contributed by atoms with Gasteiger partial charge < -0.3 is 38.9 Å². The maximum absolute atomic E-state index is 14.2. The summed E-state index contributed by atoms with van der Waals surface area (Å²) in [4.78, 5) is 25.0. The normalized spacial score (nSPS) is 22.2. The average molecular weight is 661 g/mol. The molecule has 2 fully saturated rings. The van der Waals surface area contributed by atoms with Gasteiger partial charge in [0.25, 0.3) is 0 Å². The molecule has 1 amide bonds. The molecule has 0 aliphatic carbocycles. The molecular weight excluding hydrogens is 616 g/mol. The minimum Gasteiger partial charge on any atom is -0.486 e. The van der Waals surface area contributed by atoms with Gasteiger partial charge in [0.15, 0.2) is 17.8 Å². The van der Waals surface area contributed by atoms with Crippen LogP contribution in [0.5, 0.6) is 11.5 Å². The third kappa shape index (κ3) is 8.56. The minimum absolute atomic E-state index is 0.00291. The third-order valence-electron chi connectivity index (χ3n) is 8.61. The Hall–Kier alpha value is -3.23. The minimum atomic E-state index is -4.19. The van der Waals surface area contributed by atoms with Crippen molar-refractivity contribution in [1.29, 1.82) is 0 Å². The second-order valence-corrected chi connectivity index (χ2v) is 14.9. The number of alkyl carbamates (subject to hydrolysis) is 1. The molecule has 0 saturated carbocycles. The van der Waals surface area contributed by atoms with Crippen LogP contribution in [-0.2, 0) is 35.4 Å². The second-order valence-electron chi connectivity index (χ2n) is 12.9. The second kappa shape index (κ2) is 14.7. The number of benzene rings is 2. The molecule has 46 heavy (non-hydrogen) atoms. The fourth-order valence-electron chi connectivity index (χ4n) is 6.01. The molecule has 2 N–H and O–H groups in total. The van der Waals surface area contributed by atoms with Crippen molar-refractivity contribution in [2.75, 3.05) is 39.5 Å². The number of rotatable bonds is 14. The van der Waals surface area contributed by atoms with E-state index in [9.17, 15) is 23.1 Å². The molecule has 3 aliphatic heterocycles. The topological polar surface area (TPSA) is 150 Å². The van der Waals surface area contributed by atoms with Gasteiger partial charge in [0.1, 0.15) is 25.1 Å². The van der Waals surface area contributed by atoms with Gasteiger partial charge in [0.05, 0.1) is 36.2 Å². The zero-order valence-corrected chi connectivity index (χ0v) is 27.4. The van der Waals surface area contributed by atoms with Gasteiger partial charge in [-0.05, 0) is 49.3 Å². The summed E-state index contributed by atoms with van der Waals surface area (Å²) in [5, 5.41) is 14.5. The van der Waals surface area contributed by atoms with Crippen molar-refractivity contribution < 1.29 is 46.8 Å². The summed E-state index contributed by atoms with van der Waals surface area (Å²) >= 11 is 0. The molecular formula is C33H44N2O10S. The summed E-state index contributed by atoms with van der Waals surface area (Å²) in [5.74, 6) is 0.712. The molecule has 252 valence electrons. The first kappa shape index (κ1) is 34.1. The number of aliphatic hydroxyl groups is 1. The summed E-state index contributed by atoms with van der Waals surface area (Å²) in [7, 11) is -4.19. The molecule has 3 heterocycles. The number of amides is 1. The Balaban J connectivity index is 1.39. The van der Waals surface area contributed by atoms with Gasteiger partial charge in [-0.1, -0.05) is 44.2 Å². The standard InChI is InChI=1S/C33H44N2O10S/c1-22(36)11-13-33(2,3)21-35(46(39,40)24-9-10-28-29(18-24)42-16-15-41-28)19-27(37)26(17-23-7-5-4-6-8-23)34-32(38)45-30-20-44-31-25(30)12-14-43-31/h4-10,18,25-27,30-31,37H,11-17,19-21H2,1-3H3,(H,34,38)/t25?,26-,27+,30-,31+/m0/s1. The number of ketones is 1. The molecule has 2 saturated heterocycles. The molecule has 5 atom stereocenters. The van der Waals surface area contributed by atoms with Crippen LogP contribution in [0.25, 0.3) is 0 Å². The highest BCUT2D eigenvalue weighted by Crippen LogP contribution is 2.35. The molecule has 2 aromatic rings. The van der Waals surface area contributed by atoms with Crippen LogP contribution >= 0.6 is 0 Å². The number of nitrogens with zero attached hydrogens (tertiary/aromatic N) is 1. The van der Waals surface area contributed by atoms with Crippen LogP contribution in [0.1, 0.15) is 45.6 Å². The first-order valence-electron chi connectivity index (χ1n) is 15.7. The number of aliphatic hydroxyl groups excluding tert-OH is 1. The lowest BCUT2D eigenvalue weighted by molar-refractivity contribution is -0.117. The number of carbonyl (C=O) groups excluding carboxylic acids is 2. The van der Waals surface area contributed by atoms with Gasteiger partial charge in [-0.2, -0.15) is 4.31 Å². The Morgan fingerprint density at radius 1 is 1.07 bits per heavy atom. The highest BCUT2D eigenvalue weighted by Gasteiger charge is 2.44. The Morgan fingerprint density at radius 3 is 2.54 bits per heavy atom. The molecule has 0 radical (unpaired) electrons. The van der Waals surface area contributed by atoms with Crippen molar-refractivity contribution in [3.05, 3.63) is 54.1 Å². The van der Waals surface area contributed by atoms with Crippen LogP contribution in [0.2, 0.25) is 0 Å². The van der Waals surface area contributed by atoms with Gasteiger partial charge in [0, 0.05) is 25.6 Å². The van der Waals surface area contributed by atoms with Crippen molar-refractivity contribution in [3.63, 3.8) is 0 Å². The van der Waals surface area contributed by atoms with Crippen LogP contribution in [0, 0.1) is 11.3 Å². The Morgan fingerprint density at radius 2 is 1.80 bits per heavy atom. The number of nitrogens with one attached hydrogen (secondary N) is 1. The van der Waals surface area contributed by atoms with Crippen LogP contribution in [-0.4, -0.2) is 93.8 Å². The van der Waals surface area contributed by atoms with E-state index in [4.69, 9.17) is 23.7 Å². The van der Waals surface area contributed by atoms with E-state index < -0.39 is 46.1 Å². The zero-order chi connectivity index (χ0) is 32.9. The van der Waals surface area contributed by atoms with Crippen LogP contribution in [0.4, 0.5) is 4.79 Å². The number of ether oxygens (including phenoxy) is 5. The maximum atomic E-state index is 14.2. The van der Waals surface area contributed by atoms with Gasteiger partial charge in [-0.15, -0.1) is 0 Å². The Bertz CT molecular complexity index is 1470. The number of hydrogen-bond acceptors (Lipinski definition) is 10. The lowest BCUT2D eigenvalue weighted by Gasteiger charge is -2.35. The fourth-order valence-corrected chi connectivity index (χ4v) is 7.67. The first-order valence-corrected chi connectivity index (χ1v) is 17.2. The SMILES string of the molecule is CC(=O)CCC(C)(C)CN(C[C@@H](O)[C@H](Cc1ccccc1)NC(=O)O[C@H]1CO[C@H]2OCCC21)S(=O)(=O)c1ccc2c(c1)OCCO2.